The maximum Gasteiger partial charge on any atom is 0.106 e. The van der Waals surface area contributed by atoms with Crippen molar-refractivity contribution in [3.8, 4) is 6.07 Å². The number of benzene rings is 1. The monoisotopic (exact) mass is 231 g/mol. The third-order valence-corrected chi connectivity index (χ3v) is 2.63. The minimum Gasteiger partial charge on any atom is -0.389 e. The van der Waals surface area contributed by atoms with E-state index >= 15 is 0 Å². The number of nitriles is 1. The summed E-state index contributed by atoms with van der Waals surface area (Å²) in [5.41, 5.74) is 2.19. The van der Waals surface area contributed by atoms with Gasteiger partial charge >= 0.3 is 0 Å². The van der Waals surface area contributed by atoms with Crippen LogP contribution in [0, 0.1) is 18.3 Å². The molecule has 0 bridgehead atoms. The molecule has 17 heavy (non-hydrogen) atoms. The van der Waals surface area contributed by atoms with Gasteiger partial charge in [-0.1, -0.05) is 6.07 Å². The highest BCUT2D eigenvalue weighted by Crippen LogP contribution is 2.22. The molecule has 0 aliphatic rings. The first kappa shape index (κ1) is 11.6. The molecular weight excluding hydrogens is 218 g/mol. The lowest BCUT2D eigenvalue weighted by Gasteiger charge is -2.15. The number of imidazole rings is 1. The average Bonchev–Trinajstić information content (AvgIpc) is 2.67. The molecule has 0 radical (unpaired) electrons. The van der Waals surface area contributed by atoms with Crippen LogP contribution in [0.1, 0.15) is 23.9 Å². The Balaban J connectivity index is 2.32. The van der Waals surface area contributed by atoms with Crippen LogP contribution in [0.2, 0.25) is 0 Å². The second kappa shape index (κ2) is 4.53. The van der Waals surface area contributed by atoms with Gasteiger partial charge in [0, 0.05) is 0 Å². The lowest BCUT2D eigenvalue weighted by molar-refractivity contribution is 0.0217. The second-order valence-electron chi connectivity index (χ2n) is 3.97. The molecule has 1 aromatic heterocycles. The van der Waals surface area contributed by atoms with Gasteiger partial charge in [-0.2, -0.15) is 5.26 Å². The van der Waals surface area contributed by atoms with E-state index in [0.717, 1.165) is 16.9 Å². The summed E-state index contributed by atoms with van der Waals surface area (Å²) in [6.45, 7) is 1.85. The van der Waals surface area contributed by atoms with Crippen molar-refractivity contribution in [1.82, 2.24) is 9.97 Å². The van der Waals surface area contributed by atoms with Crippen LogP contribution in [-0.4, -0.2) is 26.3 Å². The molecule has 2 rings (SSSR count). The molecule has 0 fully saturated rings. The zero-order valence-electron chi connectivity index (χ0n) is 9.38. The SMILES string of the molecule is Cc1nc2ccc(C(O)C(O)CC#N)cc2[nH]1. The lowest BCUT2D eigenvalue weighted by atomic mass is 10.0. The fraction of sp³-hybridized carbons (Fsp3) is 0.333. The van der Waals surface area contributed by atoms with Gasteiger partial charge in [0.25, 0.3) is 0 Å². The van der Waals surface area contributed by atoms with Crippen molar-refractivity contribution >= 4 is 11.0 Å². The van der Waals surface area contributed by atoms with Crippen molar-refractivity contribution in [3.05, 3.63) is 29.6 Å². The molecule has 1 heterocycles. The zero-order valence-corrected chi connectivity index (χ0v) is 9.38. The first-order valence-electron chi connectivity index (χ1n) is 5.31. The third kappa shape index (κ3) is 2.28. The van der Waals surface area contributed by atoms with Crippen LogP contribution in [0.25, 0.3) is 11.0 Å². The first-order chi connectivity index (χ1) is 8.11. The van der Waals surface area contributed by atoms with E-state index in [2.05, 4.69) is 9.97 Å². The van der Waals surface area contributed by atoms with Gasteiger partial charge in [-0.05, 0) is 24.6 Å². The van der Waals surface area contributed by atoms with Crippen LogP contribution in [0.3, 0.4) is 0 Å². The molecule has 3 N–H and O–H groups in total. The summed E-state index contributed by atoms with van der Waals surface area (Å²) in [7, 11) is 0. The summed E-state index contributed by atoms with van der Waals surface area (Å²) in [6.07, 6.45) is -2.22. The van der Waals surface area contributed by atoms with Crippen LogP contribution in [0.15, 0.2) is 18.2 Å². The van der Waals surface area contributed by atoms with Crippen LogP contribution in [-0.2, 0) is 0 Å². The lowest BCUT2D eigenvalue weighted by Crippen LogP contribution is -2.17. The molecule has 88 valence electrons. The van der Waals surface area contributed by atoms with Crippen molar-refractivity contribution in [1.29, 1.82) is 5.26 Å². The highest BCUT2D eigenvalue weighted by Gasteiger charge is 2.18. The van der Waals surface area contributed by atoms with Crippen LogP contribution >= 0.6 is 0 Å². The van der Waals surface area contributed by atoms with Gasteiger partial charge in [-0.25, -0.2) is 4.98 Å². The number of nitrogens with one attached hydrogen (secondary N) is 1. The number of H-pyrrole nitrogens is 1. The number of fused-ring (bicyclic) bond motifs is 1. The van der Waals surface area contributed by atoms with Crippen LogP contribution in [0.4, 0.5) is 0 Å². The molecule has 5 nitrogen and oxygen atoms in total. The third-order valence-electron chi connectivity index (χ3n) is 2.63. The van der Waals surface area contributed by atoms with Gasteiger partial charge in [0.05, 0.1) is 29.6 Å². The fourth-order valence-corrected chi connectivity index (χ4v) is 1.77. The van der Waals surface area contributed by atoms with Gasteiger partial charge in [0.2, 0.25) is 0 Å². The smallest absolute Gasteiger partial charge is 0.106 e. The second-order valence-corrected chi connectivity index (χ2v) is 3.97. The normalized spacial score (nSPS) is 14.5. The number of rotatable bonds is 3. The number of aromatic amines is 1. The molecule has 2 unspecified atom stereocenters. The molecule has 1 aromatic carbocycles. The maximum atomic E-state index is 9.85. The number of aryl methyl sites for hydroxylation is 1. The van der Waals surface area contributed by atoms with E-state index in [0.29, 0.717) is 5.56 Å². The highest BCUT2D eigenvalue weighted by molar-refractivity contribution is 5.75. The molecule has 2 aromatic rings. The van der Waals surface area contributed by atoms with Crippen molar-refractivity contribution in [2.24, 2.45) is 0 Å². The molecule has 0 spiro atoms. The summed E-state index contributed by atoms with van der Waals surface area (Å²) in [5, 5.41) is 27.9. The Morgan fingerprint density at radius 2 is 2.24 bits per heavy atom. The summed E-state index contributed by atoms with van der Waals surface area (Å²) in [6, 6.07) is 7.04. The number of aliphatic hydroxyl groups is 2. The predicted molar refractivity (Wildman–Crippen MR) is 62.0 cm³/mol. The minimum atomic E-state index is -1.07. The minimum absolute atomic E-state index is 0.0960. The summed E-state index contributed by atoms with van der Waals surface area (Å²) in [4.78, 5) is 7.30. The predicted octanol–water partition coefficient (Wildman–Crippen LogP) is 1.18. The highest BCUT2D eigenvalue weighted by atomic mass is 16.3. The van der Waals surface area contributed by atoms with Crippen molar-refractivity contribution in [2.75, 3.05) is 0 Å². The van der Waals surface area contributed by atoms with E-state index in [9.17, 15) is 10.2 Å². The molecule has 0 aliphatic heterocycles. The Morgan fingerprint density at radius 1 is 1.47 bits per heavy atom. The Bertz CT molecular complexity index is 571. The van der Waals surface area contributed by atoms with E-state index in [-0.39, 0.29) is 6.42 Å². The summed E-state index contributed by atoms with van der Waals surface area (Å²) < 4.78 is 0. The van der Waals surface area contributed by atoms with E-state index < -0.39 is 12.2 Å². The molecule has 0 amide bonds. The standard InChI is InChI=1S/C12H13N3O2/c1-7-14-9-3-2-8(6-10(9)15-7)12(17)11(16)4-5-13/h2-3,6,11-12,16-17H,4H2,1H3,(H,14,15). The first-order valence-corrected chi connectivity index (χ1v) is 5.31. The summed E-state index contributed by atoms with van der Waals surface area (Å²) in [5.74, 6) is 0.796. The van der Waals surface area contributed by atoms with Gasteiger partial charge < -0.3 is 15.2 Å². The Kier molecular flexibility index (Phi) is 3.09. The van der Waals surface area contributed by atoms with E-state index in [1.165, 1.54) is 0 Å². The molecule has 2 atom stereocenters. The largest absolute Gasteiger partial charge is 0.389 e. The van der Waals surface area contributed by atoms with Gasteiger partial charge in [0.15, 0.2) is 0 Å². The number of hydrogen-bond donors (Lipinski definition) is 3. The molecule has 0 saturated heterocycles. The van der Waals surface area contributed by atoms with Crippen LogP contribution < -0.4 is 0 Å². The van der Waals surface area contributed by atoms with Gasteiger partial charge in [0.1, 0.15) is 11.9 Å². The quantitative estimate of drug-likeness (QED) is 0.739. The van der Waals surface area contributed by atoms with E-state index in [1.807, 2.05) is 13.0 Å². The van der Waals surface area contributed by atoms with Crippen LogP contribution in [0.5, 0.6) is 0 Å². The number of aromatic nitrogens is 2. The Labute approximate surface area is 98.3 Å². The van der Waals surface area contributed by atoms with Crippen molar-refractivity contribution < 1.29 is 10.2 Å². The molecule has 0 aliphatic carbocycles. The van der Waals surface area contributed by atoms with Crippen molar-refractivity contribution in [3.63, 3.8) is 0 Å². The Morgan fingerprint density at radius 3 is 2.94 bits per heavy atom. The number of aliphatic hydroxyl groups excluding tert-OH is 2. The topological polar surface area (TPSA) is 92.9 Å². The zero-order chi connectivity index (χ0) is 12.4. The summed E-state index contributed by atoms with van der Waals surface area (Å²) >= 11 is 0. The van der Waals surface area contributed by atoms with Crippen molar-refractivity contribution in [2.45, 2.75) is 25.6 Å². The average molecular weight is 231 g/mol. The molecular formula is C12H13N3O2. The van der Waals surface area contributed by atoms with E-state index in [4.69, 9.17) is 5.26 Å². The maximum absolute atomic E-state index is 9.85. The molecule has 0 saturated carbocycles. The number of hydrogen-bond acceptors (Lipinski definition) is 4. The van der Waals surface area contributed by atoms with Gasteiger partial charge in [-0.3, -0.25) is 0 Å². The fourth-order valence-electron chi connectivity index (χ4n) is 1.77. The number of nitrogens with zero attached hydrogens (tertiary/aromatic N) is 2. The van der Waals surface area contributed by atoms with E-state index in [1.54, 1.807) is 18.2 Å². The molecule has 5 heteroatoms. The van der Waals surface area contributed by atoms with Gasteiger partial charge in [-0.15, -0.1) is 0 Å². The Hall–Kier alpha value is -1.90.